The number of anilines is 3. The van der Waals surface area contributed by atoms with Crippen molar-refractivity contribution in [3.05, 3.63) is 212 Å². The van der Waals surface area contributed by atoms with E-state index in [1.165, 1.54) is 69.7 Å². The molecule has 0 saturated carbocycles. The van der Waals surface area contributed by atoms with Gasteiger partial charge in [0.2, 0.25) is 0 Å². The molecule has 0 aliphatic rings. The summed E-state index contributed by atoms with van der Waals surface area (Å²) >= 11 is 1.87. The standard InChI is InChI=1S/C56H35NOS/c1-2-11-42-35-43(24-23-36(42)9-1)39-21-19-37(20-22-39)38-25-30-44(31-26-38)57(51-16-8-17-52-54(51)50-34-29-40-10-3-4-12-46(40)55(50)58-52)45-32-27-41(28-33-45)47-14-7-15-49-48-13-5-6-18-53(48)59-56(47)49/h1-35H. The zero-order valence-electron chi connectivity index (χ0n) is 32.0. The minimum absolute atomic E-state index is 0.870. The highest BCUT2D eigenvalue weighted by Crippen LogP contribution is 2.46. The van der Waals surface area contributed by atoms with E-state index < -0.39 is 0 Å². The van der Waals surface area contributed by atoms with E-state index >= 15 is 0 Å². The Kier molecular flexibility index (Phi) is 7.75. The van der Waals surface area contributed by atoms with Crippen LogP contribution in [0.2, 0.25) is 0 Å². The predicted molar refractivity (Wildman–Crippen MR) is 253 cm³/mol. The molecule has 12 rings (SSSR count). The van der Waals surface area contributed by atoms with Crippen molar-refractivity contribution in [1.82, 2.24) is 0 Å². The molecule has 0 aliphatic heterocycles. The van der Waals surface area contributed by atoms with Crippen LogP contribution in [-0.4, -0.2) is 0 Å². The maximum absolute atomic E-state index is 6.69. The van der Waals surface area contributed by atoms with E-state index in [1.807, 2.05) is 11.3 Å². The van der Waals surface area contributed by atoms with Gasteiger partial charge in [0.05, 0.1) is 11.1 Å². The Morgan fingerprint density at radius 3 is 1.73 bits per heavy atom. The second-order valence-electron chi connectivity index (χ2n) is 15.3. The molecule has 0 aliphatic carbocycles. The number of fused-ring (bicyclic) bond motifs is 9. The molecule has 3 heteroatoms. The monoisotopic (exact) mass is 769 g/mol. The van der Waals surface area contributed by atoms with Crippen molar-refractivity contribution >= 4 is 92.1 Å². The Morgan fingerprint density at radius 1 is 0.373 bits per heavy atom. The first-order valence-electron chi connectivity index (χ1n) is 20.1. The highest BCUT2D eigenvalue weighted by Gasteiger charge is 2.21. The fraction of sp³-hybridized carbons (Fsp3) is 0. The molecule has 2 aromatic heterocycles. The summed E-state index contributed by atoms with van der Waals surface area (Å²) in [6.45, 7) is 0. The number of hydrogen-bond donors (Lipinski definition) is 0. The van der Waals surface area contributed by atoms with Crippen molar-refractivity contribution in [2.75, 3.05) is 4.90 Å². The van der Waals surface area contributed by atoms with Gasteiger partial charge in [-0.05, 0) is 104 Å². The third-order valence-corrected chi connectivity index (χ3v) is 13.1. The zero-order valence-corrected chi connectivity index (χ0v) is 32.8. The maximum Gasteiger partial charge on any atom is 0.143 e. The first kappa shape index (κ1) is 33.7. The number of benzene rings is 10. The summed E-state index contributed by atoms with van der Waals surface area (Å²) in [7, 11) is 0. The van der Waals surface area contributed by atoms with Gasteiger partial charge in [-0.2, -0.15) is 0 Å². The van der Waals surface area contributed by atoms with Gasteiger partial charge < -0.3 is 9.32 Å². The van der Waals surface area contributed by atoms with Crippen LogP contribution in [0, 0.1) is 0 Å². The first-order chi connectivity index (χ1) is 29.2. The molecule has 0 saturated heterocycles. The average molecular weight is 770 g/mol. The van der Waals surface area contributed by atoms with Crippen LogP contribution < -0.4 is 4.90 Å². The molecule has 276 valence electrons. The lowest BCUT2D eigenvalue weighted by Crippen LogP contribution is -2.10. The Balaban J connectivity index is 0.964. The van der Waals surface area contributed by atoms with Gasteiger partial charge in [-0.15, -0.1) is 11.3 Å². The molecule has 0 fully saturated rings. The molecule has 59 heavy (non-hydrogen) atoms. The van der Waals surface area contributed by atoms with Gasteiger partial charge in [-0.1, -0.05) is 158 Å². The van der Waals surface area contributed by atoms with Crippen LogP contribution in [0.1, 0.15) is 0 Å². The molecule has 0 N–H and O–H groups in total. The number of thiophene rings is 1. The minimum Gasteiger partial charge on any atom is -0.455 e. The Labute approximate surface area is 345 Å². The van der Waals surface area contributed by atoms with Crippen LogP contribution in [0.25, 0.3) is 97.0 Å². The van der Waals surface area contributed by atoms with Gasteiger partial charge in [-0.3, -0.25) is 0 Å². The lowest BCUT2D eigenvalue weighted by atomic mass is 9.98. The Bertz CT molecular complexity index is 3540. The molecule has 0 radical (unpaired) electrons. The number of nitrogens with zero attached hydrogens (tertiary/aromatic N) is 1. The Hall–Kier alpha value is -7.46. The van der Waals surface area contributed by atoms with Gasteiger partial charge in [0.15, 0.2) is 0 Å². The van der Waals surface area contributed by atoms with Gasteiger partial charge in [0.25, 0.3) is 0 Å². The van der Waals surface area contributed by atoms with Crippen molar-refractivity contribution in [3.63, 3.8) is 0 Å². The highest BCUT2D eigenvalue weighted by molar-refractivity contribution is 7.26. The van der Waals surface area contributed by atoms with E-state index in [1.54, 1.807) is 0 Å². The molecular formula is C56H35NOS. The summed E-state index contributed by atoms with van der Waals surface area (Å²) < 4.78 is 9.32. The fourth-order valence-electron chi connectivity index (χ4n) is 8.94. The van der Waals surface area contributed by atoms with E-state index in [2.05, 4.69) is 217 Å². The topological polar surface area (TPSA) is 16.4 Å². The molecule has 0 atom stereocenters. The van der Waals surface area contributed by atoms with Crippen LogP contribution in [0.5, 0.6) is 0 Å². The molecule has 2 heterocycles. The van der Waals surface area contributed by atoms with Gasteiger partial charge in [-0.25, -0.2) is 0 Å². The van der Waals surface area contributed by atoms with Gasteiger partial charge in [0, 0.05) is 42.3 Å². The van der Waals surface area contributed by atoms with Gasteiger partial charge >= 0.3 is 0 Å². The second kappa shape index (κ2) is 13.6. The van der Waals surface area contributed by atoms with Crippen molar-refractivity contribution in [2.45, 2.75) is 0 Å². The number of furan rings is 1. The molecular weight excluding hydrogens is 735 g/mol. The van der Waals surface area contributed by atoms with E-state index in [-0.39, 0.29) is 0 Å². The van der Waals surface area contributed by atoms with E-state index in [0.29, 0.717) is 0 Å². The summed E-state index contributed by atoms with van der Waals surface area (Å²) in [4.78, 5) is 2.38. The summed E-state index contributed by atoms with van der Waals surface area (Å²) in [6.07, 6.45) is 0. The van der Waals surface area contributed by atoms with Crippen molar-refractivity contribution in [1.29, 1.82) is 0 Å². The summed E-state index contributed by atoms with van der Waals surface area (Å²) in [6, 6.07) is 76.9. The van der Waals surface area contributed by atoms with Crippen LogP contribution in [0.4, 0.5) is 17.1 Å². The summed E-state index contributed by atoms with van der Waals surface area (Å²) in [5.41, 5.74) is 12.3. The SMILES string of the molecule is c1ccc2cc(-c3ccc(-c4ccc(N(c5ccc(-c6cccc7c6sc6ccccc67)cc5)c5cccc6oc7c8ccccc8ccc7c56)cc4)cc3)ccc2c1. The summed E-state index contributed by atoms with van der Waals surface area (Å²) in [5.74, 6) is 0. The lowest BCUT2D eigenvalue weighted by Gasteiger charge is -2.26. The van der Waals surface area contributed by atoms with E-state index in [0.717, 1.165) is 44.4 Å². The van der Waals surface area contributed by atoms with Crippen molar-refractivity contribution < 1.29 is 4.42 Å². The molecule has 10 aromatic carbocycles. The van der Waals surface area contributed by atoms with Crippen molar-refractivity contribution in [3.8, 4) is 33.4 Å². The molecule has 0 spiro atoms. The first-order valence-corrected chi connectivity index (χ1v) is 20.9. The fourth-order valence-corrected chi connectivity index (χ4v) is 10.2. The molecule has 0 amide bonds. The summed E-state index contributed by atoms with van der Waals surface area (Å²) in [5, 5.41) is 9.63. The smallest absolute Gasteiger partial charge is 0.143 e. The molecule has 0 bridgehead atoms. The largest absolute Gasteiger partial charge is 0.455 e. The van der Waals surface area contributed by atoms with E-state index in [9.17, 15) is 0 Å². The maximum atomic E-state index is 6.69. The predicted octanol–water partition coefficient (Wildman–Crippen LogP) is 16.7. The molecule has 0 unspecified atom stereocenters. The van der Waals surface area contributed by atoms with Gasteiger partial charge in [0.1, 0.15) is 11.2 Å². The van der Waals surface area contributed by atoms with Crippen LogP contribution >= 0.6 is 11.3 Å². The minimum atomic E-state index is 0.870. The van der Waals surface area contributed by atoms with E-state index in [4.69, 9.17) is 4.42 Å². The Morgan fingerprint density at radius 2 is 0.949 bits per heavy atom. The third kappa shape index (κ3) is 5.62. The quantitative estimate of drug-likeness (QED) is 0.167. The number of hydrogen-bond acceptors (Lipinski definition) is 3. The molecule has 12 aromatic rings. The van der Waals surface area contributed by atoms with Crippen LogP contribution in [-0.2, 0) is 0 Å². The van der Waals surface area contributed by atoms with Crippen LogP contribution in [0.15, 0.2) is 217 Å². The normalized spacial score (nSPS) is 11.7. The zero-order chi connectivity index (χ0) is 38.9. The second-order valence-corrected chi connectivity index (χ2v) is 16.3. The lowest BCUT2D eigenvalue weighted by molar-refractivity contribution is 0.672. The average Bonchev–Trinajstić information content (AvgIpc) is 3.89. The third-order valence-electron chi connectivity index (χ3n) is 11.9. The molecule has 2 nitrogen and oxygen atoms in total. The van der Waals surface area contributed by atoms with Crippen LogP contribution in [0.3, 0.4) is 0 Å². The van der Waals surface area contributed by atoms with Crippen molar-refractivity contribution in [2.24, 2.45) is 0 Å². The number of rotatable bonds is 6. The highest BCUT2D eigenvalue weighted by atomic mass is 32.1.